The first-order valence-electron chi connectivity index (χ1n) is 6.86. The number of hydrogen-bond acceptors (Lipinski definition) is 8. The van der Waals surface area contributed by atoms with Crippen LogP contribution in [0.5, 0.6) is 0 Å². The number of nitrogens with zero attached hydrogens (tertiary/aromatic N) is 3. The summed E-state index contributed by atoms with van der Waals surface area (Å²) < 4.78 is 0. The summed E-state index contributed by atoms with van der Waals surface area (Å²) in [7, 11) is 0. The maximum atomic E-state index is 10.6. The van der Waals surface area contributed by atoms with Gasteiger partial charge in [0, 0.05) is 17.1 Å². The molecule has 0 saturated carbocycles. The Morgan fingerprint density at radius 3 is 2.78 bits per heavy atom. The normalized spacial score (nSPS) is 12.1. The number of carbonyl (C=O) groups excluding carboxylic acids is 1. The molecule has 1 unspecified atom stereocenters. The molecule has 0 spiro atoms. The molecule has 0 aromatic carbocycles. The minimum atomic E-state index is -0.579. The van der Waals surface area contributed by atoms with Gasteiger partial charge in [0.05, 0.1) is 16.3 Å². The van der Waals surface area contributed by atoms with Crippen molar-refractivity contribution in [2.75, 3.05) is 5.32 Å². The van der Waals surface area contributed by atoms with Crippen molar-refractivity contribution in [3.63, 3.8) is 0 Å². The zero-order valence-electron chi connectivity index (χ0n) is 12.5. The second kappa shape index (κ2) is 6.53. The molecule has 3 aromatic rings. The Kier molecular flexibility index (Phi) is 4.46. The van der Waals surface area contributed by atoms with Crippen LogP contribution in [-0.4, -0.2) is 26.3 Å². The summed E-state index contributed by atoms with van der Waals surface area (Å²) >= 11 is 2.91. The molecule has 8 heteroatoms. The van der Waals surface area contributed by atoms with Crippen molar-refractivity contribution in [2.24, 2.45) is 0 Å². The number of aldehydes is 1. The van der Waals surface area contributed by atoms with E-state index in [-0.39, 0.29) is 0 Å². The zero-order valence-corrected chi connectivity index (χ0v) is 14.1. The van der Waals surface area contributed by atoms with E-state index in [0.29, 0.717) is 21.5 Å². The van der Waals surface area contributed by atoms with Crippen LogP contribution in [0, 0.1) is 6.92 Å². The topological polar surface area (TPSA) is 88.0 Å². The van der Waals surface area contributed by atoms with E-state index in [2.05, 4.69) is 20.3 Å². The van der Waals surface area contributed by atoms with Gasteiger partial charge in [-0.3, -0.25) is 4.79 Å². The summed E-state index contributed by atoms with van der Waals surface area (Å²) in [6, 6.07) is 3.42. The van der Waals surface area contributed by atoms with Crippen molar-refractivity contribution >= 4 is 39.9 Å². The van der Waals surface area contributed by atoms with E-state index in [4.69, 9.17) is 0 Å². The Morgan fingerprint density at radius 1 is 1.35 bits per heavy atom. The molecule has 0 aliphatic rings. The van der Waals surface area contributed by atoms with Gasteiger partial charge in [0.1, 0.15) is 16.9 Å². The molecule has 3 rings (SSSR count). The van der Waals surface area contributed by atoms with Crippen molar-refractivity contribution in [3.8, 4) is 10.6 Å². The summed E-state index contributed by atoms with van der Waals surface area (Å²) in [4.78, 5) is 24.6. The van der Waals surface area contributed by atoms with Crippen LogP contribution < -0.4 is 5.32 Å². The number of hydrogen-bond donors (Lipinski definition) is 2. The monoisotopic (exact) mass is 346 g/mol. The number of thiazole rings is 2. The van der Waals surface area contributed by atoms with Crippen LogP contribution in [0.2, 0.25) is 0 Å². The van der Waals surface area contributed by atoms with Gasteiger partial charge < -0.3 is 10.4 Å². The lowest BCUT2D eigenvalue weighted by atomic mass is 10.3. The first kappa shape index (κ1) is 15.7. The quantitative estimate of drug-likeness (QED) is 0.687. The van der Waals surface area contributed by atoms with Gasteiger partial charge in [-0.1, -0.05) is 0 Å². The number of aliphatic hydroxyl groups is 1. The summed E-state index contributed by atoms with van der Waals surface area (Å²) in [5.41, 5.74) is 2.21. The predicted octanol–water partition coefficient (Wildman–Crippen LogP) is 3.58. The van der Waals surface area contributed by atoms with E-state index >= 15 is 0 Å². The molecule has 3 heterocycles. The van der Waals surface area contributed by atoms with Crippen LogP contribution in [0.3, 0.4) is 0 Å². The number of aliphatic hydroxyl groups excluding tert-OH is 1. The van der Waals surface area contributed by atoms with Gasteiger partial charge in [0.2, 0.25) is 0 Å². The van der Waals surface area contributed by atoms with E-state index < -0.39 is 6.10 Å². The Bertz CT molecular complexity index is 824. The van der Waals surface area contributed by atoms with Crippen molar-refractivity contribution < 1.29 is 9.90 Å². The highest BCUT2D eigenvalue weighted by Crippen LogP contribution is 2.34. The lowest BCUT2D eigenvalue weighted by Crippen LogP contribution is -1.93. The van der Waals surface area contributed by atoms with E-state index in [9.17, 15) is 9.90 Å². The third-order valence-electron chi connectivity index (χ3n) is 3.06. The molecule has 0 bridgehead atoms. The van der Waals surface area contributed by atoms with Gasteiger partial charge in [-0.05, 0) is 26.0 Å². The van der Waals surface area contributed by atoms with Crippen LogP contribution in [0.1, 0.15) is 34.1 Å². The molecule has 6 nitrogen and oxygen atoms in total. The van der Waals surface area contributed by atoms with Crippen LogP contribution >= 0.6 is 22.7 Å². The average Bonchev–Trinajstić information content (AvgIpc) is 3.14. The van der Waals surface area contributed by atoms with Crippen LogP contribution in [0.25, 0.3) is 10.6 Å². The van der Waals surface area contributed by atoms with Gasteiger partial charge in [0.15, 0.2) is 11.4 Å². The van der Waals surface area contributed by atoms with Gasteiger partial charge in [-0.2, -0.15) is 0 Å². The molecule has 2 N–H and O–H groups in total. The Hall–Kier alpha value is -2.16. The number of pyridine rings is 1. The first-order valence-corrected chi connectivity index (χ1v) is 8.56. The summed E-state index contributed by atoms with van der Waals surface area (Å²) in [5, 5.41) is 16.1. The Morgan fingerprint density at radius 2 is 2.17 bits per heavy atom. The fourth-order valence-electron chi connectivity index (χ4n) is 1.93. The van der Waals surface area contributed by atoms with Crippen LogP contribution in [0.15, 0.2) is 23.7 Å². The molecule has 23 heavy (non-hydrogen) atoms. The van der Waals surface area contributed by atoms with E-state index in [1.54, 1.807) is 19.1 Å². The number of carbonyl (C=O) groups is 1. The fraction of sp³-hybridized carbons (Fsp3) is 0.200. The number of aromatic nitrogens is 3. The molecule has 0 saturated heterocycles. The largest absolute Gasteiger partial charge is 0.386 e. The first-order chi connectivity index (χ1) is 11.1. The molecule has 0 radical (unpaired) electrons. The van der Waals surface area contributed by atoms with Crippen molar-refractivity contribution in [1.82, 2.24) is 15.0 Å². The van der Waals surface area contributed by atoms with Gasteiger partial charge in [-0.15, -0.1) is 22.7 Å². The number of rotatable bonds is 5. The van der Waals surface area contributed by atoms with E-state index in [0.717, 1.165) is 22.6 Å². The number of anilines is 2. The van der Waals surface area contributed by atoms with E-state index in [1.807, 2.05) is 12.3 Å². The van der Waals surface area contributed by atoms with Crippen LogP contribution in [-0.2, 0) is 0 Å². The molecule has 1 atom stereocenters. The molecular weight excluding hydrogens is 332 g/mol. The second-order valence-electron chi connectivity index (χ2n) is 4.90. The minimum absolute atomic E-state index is 0.529. The molecule has 0 aliphatic heterocycles. The number of aryl methyl sites for hydroxylation is 1. The van der Waals surface area contributed by atoms with Gasteiger partial charge in [0.25, 0.3) is 0 Å². The second-order valence-corrected chi connectivity index (χ2v) is 6.79. The lowest BCUT2D eigenvalue weighted by Gasteiger charge is -2.00. The Balaban J connectivity index is 1.81. The summed E-state index contributed by atoms with van der Waals surface area (Å²) in [5.74, 6) is 0.627. The predicted molar refractivity (Wildman–Crippen MR) is 91.5 cm³/mol. The lowest BCUT2D eigenvalue weighted by molar-refractivity contribution is 0.112. The van der Waals surface area contributed by atoms with Gasteiger partial charge in [-0.25, -0.2) is 15.0 Å². The molecule has 3 aromatic heterocycles. The third kappa shape index (κ3) is 3.44. The summed E-state index contributed by atoms with van der Waals surface area (Å²) in [6.07, 6.45) is 1.68. The SMILES string of the molecule is Cc1nc(C(C)O)sc1-c1csc(Nc2ccc(C=O)cn2)n1. The minimum Gasteiger partial charge on any atom is -0.386 e. The fourth-order valence-corrected chi connectivity index (χ4v) is 3.68. The highest BCUT2D eigenvalue weighted by Gasteiger charge is 2.15. The molecule has 118 valence electrons. The standard InChI is InChI=1S/C15H14N4O2S2/c1-8-13(23-14(17-8)9(2)21)11-7-22-15(18-11)19-12-4-3-10(6-20)5-16-12/h3-7,9,21H,1-2H3,(H,16,18,19). The van der Waals surface area contributed by atoms with Gasteiger partial charge >= 0.3 is 0 Å². The molecule has 0 fully saturated rings. The smallest absolute Gasteiger partial charge is 0.188 e. The third-order valence-corrected chi connectivity index (χ3v) is 5.17. The number of nitrogens with one attached hydrogen (secondary N) is 1. The van der Waals surface area contributed by atoms with Crippen molar-refractivity contribution in [2.45, 2.75) is 20.0 Å². The zero-order chi connectivity index (χ0) is 16.4. The highest BCUT2D eigenvalue weighted by molar-refractivity contribution is 7.17. The molecular formula is C15H14N4O2S2. The molecule has 0 aliphatic carbocycles. The van der Waals surface area contributed by atoms with Crippen LogP contribution in [0.4, 0.5) is 10.9 Å². The van der Waals surface area contributed by atoms with E-state index in [1.165, 1.54) is 28.9 Å². The van der Waals surface area contributed by atoms with Crippen molar-refractivity contribution in [1.29, 1.82) is 0 Å². The van der Waals surface area contributed by atoms with Crippen molar-refractivity contribution in [3.05, 3.63) is 40.0 Å². The highest BCUT2D eigenvalue weighted by atomic mass is 32.1. The maximum Gasteiger partial charge on any atom is 0.188 e. The maximum absolute atomic E-state index is 10.6. The Labute approximate surface area is 140 Å². The molecule has 0 amide bonds. The average molecular weight is 346 g/mol. The summed E-state index contributed by atoms with van der Waals surface area (Å²) in [6.45, 7) is 3.61.